The fourth-order valence-corrected chi connectivity index (χ4v) is 2.91. The molecular weight excluding hydrogens is 403 g/mol. The van der Waals surface area contributed by atoms with Crippen molar-refractivity contribution < 1.29 is 28.0 Å². The Bertz CT molecular complexity index is 978. The molecule has 0 aliphatic carbocycles. The van der Waals surface area contributed by atoms with Crippen molar-refractivity contribution >= 4 is 28.9 Å². The van der Waals surface area contributed by atoms with Crippen LogP contribution in [-0.4, -0.2) is 32.8 Å². The molecule has 146 valence electrons. The lowest BCUT2D eigenvalue weighted by molar-refractivity contribution is -0.385. The van der Waals surface area contributed by atoms with Crippen molar-refractivity contribution in [2.45, 2.75) is 18.3 Å². The van der Waals surface area contributed by atoms with Gasteiger partial charge in [-0.15, -0.1) is 0 Å². The summed E-state index contributed by atoms with van der Waals surface area (Å²) in [6.45, 7) is 0. The van der Waals surface area contributed by atoms with Crippen molar-refractivity contribution in [3.05, 3.63) is 74.8 Å². The Kier molecular flexibility index (Phi) is 4.86. The van der Waals surface area contributed by atoms with Gasteiger partial charge >= 0.3 is 6.18 Å². The lowest BCUT2D eigenvalue weighted by atomic mass is 9.96. The summed E-state index contributed by atoms with van der Waals surface area (Å²) in [6.07, 6.45) is -5.94. The first kappa shape index (κ1) is 19.8. The quantitative estimate of drug-likeness (QED) is 0.610. The number of rotatable bonds is 3. The third-order valence-electron chi connectivity index (χ3n) is 4.14. The Balaban J connectivity index is 2.13. The Hall–Kier alpha value is -2.98. The average Bonchev–Trinajstić information content (AvgIpc) is 3.00. The molecule has 0 aromatic heterocycles. The van der Waals surface area contributed by atoms with Crippen molar-refractivity contribution in [2.75, 3.05) is 0 Å². The summed E-state index contributed by atoms with van der Waals surface area (Å²) >= 11 is 5.77. The number of halogens is 4. The summed E-state index contributed by atoms with van der Waals surface area (Å²) in [6, 6.07) is 9.86. The fraction of sp³-hybridized carbons (Fsp3) is 0.176. The van der Waals surface area contributed by atoms with Gasteiger partial charge in [0.15, 0.2) is 5.72 Å². The highest BCUT2D eigenvalue weighted by molar-refractivity contribution is 6.30. The smallest absolute Gasteiger partial charge is 0.365 e. The van der Waals surface area contributed by atoms with Crippen LogP contribution < -0.4 is 0 Å². The van der Waals surface area contributed by atoms with E-state index in [0.717, 1.165) is 12.1 Å². The maximum atomic E-state index is 13.2. The number of amides is 1. The second-order valence-electron chi connectivity index (χ2n) is 5.94. The molecular formula is C17H11ClF3N3O4. The van der Waals surface area contributed by atoms with Crippen LogP contribution in [-0.2, 0) is 5.72 Å². The molecule has 1 atom stereocenters. The third-order valence-corrected chi connectivity index (χ3v) is 4.39. The lowest BCUT2D eigenvalue weighted by Gasteiger charge is -2.31. The van der Waals surface area contributed by atoms with Crippen LogP contribution in [0, 0.1) is 10.1 Å². The molecule has 0 saturated carbocycles. The van der Waals surface area contributed by atoms with Gasteiger partial charge in [-0.25, -0.2) is 0 Å². The number of nitrogens with zero attached hydrogens (tertiary/aromatic N) is 3. The number of nitro groups is 1. The Labute approximate surface area is 160 Å². The highest BCUT2D eigenvalue weighted by atomic mass is 35.5. The minimum absolute atomic E-state index is 0.0770. The standard InChI is InChI=1S/C17H11ClF3N3O4/c18-11-7-5-10(6-8-11)16(26)9-14(17(19,20)21)22-23(16)15(25)12-3-1-2-4-13(12)24(27)28/h1-8,26H,9H2. The molecule has 1 unspecified atom stereocenters. The van der Waals surface area contributed by atoms with Gasteiger partial charge in [-0.3, -0.25) is 14.9 Å². The second-order valence-corrected chi connectivity index (χ2v) is 6.37. The number of carbonyl (C=O) groups excluding carboxylic acids is 1. The van der Waals surface area contributed by atoms with Gasteiger partial charge in [0.25, 0.3) is 11.6 Å². The predicted molar refractivity (Wildman–Crippen MR) is 92.7 cm³/mol. The zero-order valence-corrected chi connectivity index (χ0v) is 14.6. The van der Waals surface area contributed by atoms with E-state index in [2.05, 4.69) is 5.10 Å². The van der Waals surface area contributed by atoms with Gasteiger partial charge in [0.2, 0.25) is 0 Å². The molecule has 1 aliphatic heterocycles. The van der Waals surface area contributed by atoms with Crippen LogP contribution >= 0.6 is 11.6 Å². The molecule has 3 rings (SSSR count). The van der Waals surface area contributed by atoms with E-state index in [1.807, 2.05) is 0 Å². The van der Waals surface area contributed by atoms with E-state index >= 15 is 0 Å². The predicted octanol–water partition coefficient (Wildman–Crippen LogP) is 3.86. The topological polar surface area (TPSA) is 96.0 Å². The molecule has 1 amide bonds. The molecule has 28 heavy (non-hydrogen) atoms. The highest BCUT2D eigenvalue weighted by Crippen LogP contribution is 2.41. The van der Waals surface area contributed by atoms with Crippen molar-refractivity contribution in [1.29, 1.82) is 0 Å². The molecule has 2 aromatic carbocycles. The number of hydrogen-bond acceptors (Lipinski definition) is 5. The molecule has 2 aromatic rings. The zero-order chi connectivity index (χ0) is 20.7. The first-order chi connectivity index (χ1) is 13.0. The normalized spacial score (nSPS) is 19.5. The summed E-state index contributed by atoms with van der Waals surface area (Å²) in [5, 5.41) is 25.9. The van der Waals surface area contributed by atoms with E-state index in [1.54, 1.807) is 0 Å². The maximum absolute atomic E-state index is 13.2. The molecule has 1 heterocycles. The number of carbonyl (C=O) groups is 1. The van der Waals surface area contributed by atoms with Gasteiger partial charge in [-0.1, -0.05) is 35.9 Å². The summed E-state index contributed by atoms with van der Waals surface area (Å²) in [5.41, 5.74) is -5.09. The van der Waals surface area contributed by atoms with Crippen LogP contribution in [0.4, 0.5) is 18.9 Å². The van der Waals surface area contributed by atoms with Crippen LogP contribution in [0.1, 0.15) is 22.3 Å². The largest absolute Gasteiger partial charge is 0.431 e. The van der Waals surface area contributed by atoms with Gasteiger partial charge in [-0.05, 0) is 18.2 Å². The molecule has 1 aliphatic rings. The zero-order valence-electron chi connectivity index (χ0n) is 13.9. The Morgan fingerprint density at radius 1 is 1.21 bits per heavy atom. The highest BCUT2D eigenvalue weighted by Gasteiger charge is 2.53. The van der Waals surface area contributed by atoms with E-state index in [4.69, 9.17) is 11.6 Å². The number of hydrazone groups is 1. The number of alkyl halides is 3. The van der Waals surface area contributed by atoms with Gasteiger partial charge < -0.3 is 5.11 Å². The van der Waals surface area contributed by atoms with E-state index in [0.29, 0.717) is 0 Å². The van der Waals surface area contributed by atoms with Crippen LogP contribution in [0.3, 0.4) is 0 Å². The number of para-hydroxylation sites is 1. The van der Waals surface area contributed by atoms with Crippen molar-refractivity contribution in [1.82, 2.24) is 5.01 Å². The molecule has 0 radical (unpaired) electrons. The number of nitro benzene ring substituents is 1. The number of hydrogen-bond donors (Lipinski definition) is 1. The van der Waals surface area contributed by atoms with E-state index in [9.17, 15) is 33.2 Å². The van der Waals surface area contributed by atoms with Crippen molar-refractivity contribution in [2.24, 2.45) is 5.10 Å². The van der Waals surface area contributed by atoms with Crippen molar-refractivity contribution in [3.8, 4) is 0 Å². The molecule has 1 N–H and O–H groups in total. The van der Waals surface area contributed by atoms with Crippen LogP contribution in [0.15, 0.2) is 53.6 Å². The summed E-state index contributed by atoms with van der Waals surface area (Å²) in [5.74, 6) is -1.25. The first-order valence-electron chi connectivity index (χ1n) is 7.75. The number of benzene rings is 2. The van der Waals surface area contributed by atoms with Gasteiger partial charge in [-0.2, -0.15) is 23.3 Å². The molecule has 0 spiro atoms. The fourth-order valence-electron chi connectivity index (χ4n) is 2.79. The van der Waals surface area contributed by atoms with Gasteiger partial charge in [0.1, 0.15) is 11.3 Å². The van der Waals surface area contributed by atoms with Crippen LogP contribution in [0.25, 0.3) is 0 Å². The monoisotopic (exact) mass is 413 g/mol. The Morgan fingerprint density at radius 2 is 1.82 bits per heavy atom. The average molecular weight is 414 g/mol. The molecule has 7 nitrogen and oxygen atoms in total. The SMILES string of the molecule is O=C(c1ccccc1[N+](=O)[O-])N1N=C(C(F)(F)F)CC1(O)c1ccc(Cl)cc1. The molecule has 0 saturated heterocycles. The van der Waals surface area contributed by atoms with Crippen LogP contribution in [0.5, 0.6) is 0 Å². The molecule has 0 bridgehead atoms. The van der Waals surface area contributed by atoms with Gasteiger partial charge in [0.05, 0.1) is 11.3 Å². The van der Waals surface area contributed by atoms with E-state index < -0.39 is 46.1 Å². The maximum Gasteiger partial charge on any atom is 0.431 e. The first-order valence-corrected chi connectivity index (χ1v) is 8.13. The third kappa shape index (κ3) is 3.43. The summed E-state index contributed by atoms with van der Waals surface area (Å²) in [7, 11) is 0. The van der Waals surface area contributed by atoms with Crippen molar-refractivity contribution in [3.63, 3.8) is 0 Å². The minimum atomic E-state index is -4.90. The van der Waals surface area contributed by atoms with E-state index in [-0.39, 0.29) is 15.6 Å². The minimum Gasteiger partial charge on any atom is -0.365 e. The van der Waals surface area contributed by atoms with Gasteiger partial charge in [0, 0.05) is 16.7 Å². The lowest BCUT2D eigenvalue weighted by Crippen LogP contribution is -2.44. The molecule has 11 heteroatoms. The Morgan fingerprint density at radius 3 is 2.39 bits per heavy atom. The second kappa shape index (κ2) is 6.88. The van der Waals surface area contributed by atoms with E-state index in [1.165, 1.54) is 36.4 Å². The summed E-state index contributed by atoms with van der Waals surface area (Å²) in [4.78, 5) is 23.2. The molecule has 0 fully saturated rings. The summed E-state index contributed by atoms with van der Waals surface area (Å²) < 4.78 is 39.7. The van der Waals surface area contributed by atoms with Crippen LogP contribution in [0.2, 0.25) is 5.02 Å². The number of aliphatic hydroxyl groups is 1.